The van der Waals surface area contributed by atoms with E-state index in [4.69, 9.17) is 4.42 Å². The topological polar surface area (TPSA) is 96.6 Å². The lowest BCUT2D eigenvalue weighted by molar-refractivity contribution is -0.125. The van der Waals surface area contributed by atoms with Crippen LogP contribution in [0.2, 0.25) is 0 Å². The summed E-state index contributed by atoms with van der Waals surface area (Å²) in [6.45, 7) is 4.15. The molecule has 8 heteroatoms. The van der Waals surface area contributed by atoms with E-state index in [1.54, 1.807) is 22.8 Å². The van der Waals surface area contributed by atoms with Gasteiger partial charge in [-0.15, -0.1) is 0 Å². The van der Waals surface area contributed by atoms with E-state index >= 15 is 0 Å². The van der Waals surface area contributed by atoms with Gasteiger partial charge in [0.05, 0.1) is 17.6 Å². The number of nitrogens with one attached hydrogen (secondary N) is 2. The lowest BCUT2D eigenvalue weighted by Crippen LogP contribution is -2.56. The van der Waals surface area contributed by atoms with Crippen molar-refractivity contribution in [1.29, 1.82) is 0 Å². The molecule has 0 aliphatic carbocycles. The molecule has 2 saturated heterocycles. The van der Waals surface area contributed by atoms with Gasteiger partial charge in [-0.2, -0.15) is 0 Å². The summed E-state index contributed by atoms with van der Waals surface area (Å²) in [7, 11) is 0. The van der Waals surface area contributed by atoms with Crippen LogP contribution in [0.4, 0.5) is 5.69 Å². The van der Waals surface area contributed by atoms with Gasteiger partial charge in [0.2, 0.25) is 11.8 Å². The molecule has 3 heterocycles. The van der Waals surface area contributed by atoms with Crippen molar-refractivity contribution in [2.75, 3.05) is 25.0 Å². The monoisotopic (exact) mass is 462 g/mol. The number of benzene rings is 2. The van der Waals surface area contributed by atoms with Gasteiger partial charge in [0.15, 0.2) is 5.58 Å². The molecule has 0 unspecified atom stereocenters. The Morgan fingerprint density at radius 2 is 2.03 bits per heavy atom. The molecule has 0 bridgehead atoms. The zero-order chi connectivity index (χ0) is 23.7. The minimum absolute atomic E-state index is 0.0864. The van der Waals surface area contributed by atoms with Gasteiger partial charge in [0.1, 0.15) is 0 Å². The van der Waals surface area contributed by atoms with Crippen LogP contribution in [0.3, 0.4) is 0 Å². The molecule has 2 N–H and O–H groups in total. The van der Waals surface area contributed by atoms with E-state index in [9.17, 15) is 14.4 Å². The number of anilines is 1. The number of hydrogen-bond acceptors (Lipinski definition) is 5. The van der Waals surface area contributed by atoms with Crippen molar-refractivity contribution in [3.8, 4) is 0 Å². The summed E-state index contributed by atoms with van der Waals surface area (Å²) >= 11 is 0. The zero-order valence-corrected chi connectivity index (χ0v) is 19.4. The van der Waals surface area contributed by atoms with Crippen LogP contribution in [-0.2, 0) is 16.1 Å². The number of piperidine rings is 1. The number of oxazole rings is 1. The second-order valence-corrected chi connectivity index (χ2v) is 9.44. The van der Waals surface area contributed by atoms with Gasteiger partial charge in [-0.3, -0.25) is 19.1 Å². The molecular weight excluding hydrogens is 432 g/mol. The van der Waals surface area contributed by atoms with Crippen LogP contribution in [0.15, 0.2) is 57.7 Å². The standard InChI is InChI=1S/C26H30N4O4/c1-2-13-30-21-11-10-19(14-22(21)34-25(30)33)27-24(32)16-29-15-20(18-7-4-3-5-8-18)26(17-29)12-6-9-23(31)28-26/h3-5,7-8,10-11,14,20H,2,6,9,12-13,15-17H2,1H3,(H,27,32)(H,28,31)/t20-,26+/m0/s1. The van der Waals surface area contributed by atoms with Crippen LogP contribution in [0, 0.1) is 0 Å². The van der Waals surface area contributed by atoms with E-state index in [1.165, 1.54) is 5.56 Å². The highest BCUT2D eigenvalue weighted by atomic mass is 16.4. The van der Waals surface area contributed by atoms with Crippen molar-refractivity contribution >= 4 is 28.6 Å². The fourth-order valence-corrected chi connectivity index (χ4v) is 5.57. The maximum absolute atomic E-state index is 12.9. The molecule has 8 nitrogen and oxygen atoms in total. The number of nitrogens with zero attached hydrogens (tertiary/aromatic N) is 2. The Bertz CT molecular complexity index is 1260. The second-order valence-electron chi connectivity index (χ2n) is 9.44. The number of hydrogen-bond donors (Lipinski definition) is 2. The van der Waals surface area contributed by atoms with E-state index in [-0.39, 0.29) is 35.6 Å². The maximum Gasteiger partial charge on any atom is 0.419 e. The Kier molecular flexibility index (Phi) is 6.00. The predicted octanol–water partition coefficient (Wildman–Crippen LogP) is 3.08. The number of carbonyl (C=O) groups excluding carboxylic acids is 2. The molecular formula is C26H30N4O4. The Balaban J connectivity index is 1.31. The highest BCUT2D eigenvalue weighted by Gasteiger charge is 2.49. The molecule has 0 saturated carbocycles. The molecule has 5 rings (SSSR count). The highest BCUT2D eigenvalue weighted by molar-refractivity contribution is 5.94. The minimum atomic E-state index is -0.385. The van der Waals surface area contributed by atoms with Crippen molar-refractivity contribution < 1.29 is 14.0 Å². The highest BCUT2D eigenvalue weighted by Crippen LogP contribution is 2.41. The fraction of sp³-hybridized carbons (Fsp3) is 0.423. The molecule has 0 radical (unpaired) electrons. The Labute approximate surface area is 197 Å². The van der Waals surface area contributed by atoms with Gasteiger partial charge in [0.25, 0.3) is 0 Å². The number of likely N-dealkylation sites (tertiary alicyclic amines) is 1. The van der Waals surface area contributed by atoms with Crippen molar-refractivity contribution in [2.45, 2.75) is 50.6 Å². The fourth-order valence-electron chi connectivity index (χ4n) is 5.57. The van der Waals surface area contributed by atoms with Crippen LogP contribution in [0.1, 0.15) is 44.1 Å². The Hall–Kier alpha value is -3.39. The molecule has 2 aliphatic rings. The van der Waals surface area contributed by atoms with Gasteiger partial charge < -0.3 is 15.1 Å². The van der Waals surface area contributed by atoms with Crippen LogP contribution in [0.5, 0.6) is 0 Å². The largest absolute Gasteiger partial charge is 0.419 e. The average Bonchev–Trinajstić information content (AvgIpc) is 3.30. The van der Waals surface area contributed by atoms with Crippen molar-refractivity contribution in [3.63, 3.8) is 0 Å². The first-order valence-electron chi connectivity index (χ1n) is 12.0. The Morgan fingerprint density at radius 1 is 1.21 bits per heavy atom. The first kappa shape index (κ1) is 22.4. The first-order chi connectivity index (χ1) is 16.5. The van der Waals surface area contributed by atoms with Crippen LogP contribution < -0.4 is 16.4 Å². The number of rotatable bonds is 6. The minimum Gasteiger partial charge on any atom is -0.408 e. The molecule has 1 spiro atoms. The average molecular weight is 463 g/mol. The summed E-state index contributed by atoms with van der Waals surface area (Å²) in [5.74, 6) is -0.303. The Morgan fingerprint density at radius 3 is 2.79 bits per heavy atom. The number of aromatic nitrogens is 1. The molecule has 34 heavy (non-hydrogen) atoms. The quantitative estimate of drug-likeness (QED) is 0.587. The summed E-state index contributed by atoms with van der Waals surface area (Å²) in [6, 6.07) is 15.5. The number of fused-ring (bicyclic) bond motifs is 1. The van der Waals surface area contributed by atoms with E-state index in [1.807, 2.05) is 25.1 Å². The lowest BCUT2D eigenvalue weighted by atomic mass is 9.76. The van der Waals surface area contributed by atoms with E-state index < -0.39 is 0 Å². The molecule has 3 aromatic rings. The smallest absolute Gasteiger partial charge is 0.408 e. The van der Waals surface area contributed by atoms with Gasteiger partial charge in [-0.1, -0.05) is 37.3 Å². The van der Waals surface area contributed by atoms with Crippen LogP contribution in [0.25, 0.3) is 11.1 Å². The van der Waals surface area contributed by atoms with Crippen molar-refractivity contribution in [3.05, 3.63) is 64.6 Å². The summed E-state index contributed by atoms with van der Waals surface area (Å²) in [4.78, 5) is 39.4. The van der Waals surface area contributed by atoms with Gasteiger partial charge in [-0.25, -0.2) is 4.79 Å². The van der Waals surface area contributed by atoms with Crippen LogP contribution >= 0.6 is 0 Å². The normalized spacial score (nSPS) is 22.9. The van der Waals surface area contributed by atoms with E-state index in [0.29, 0.717) is 37.3 Å². The van der Waals surface area contributed by atoms with Crippen molar-refractivity contribution in [2.24, 2.45) is 0 Å². The second kappa shape index (κ2) is 9.10. The summed E-state index contributed by atoms with van der Waals surface area (Å²) in [5.41, 5.74) is 2.62. The molecule has 2 amide bonds. The third-order valence-corrected chi connectivity index (χ3v) is 7.00. The van der Waals surface area contributed by atoms with Crippen LogP contribution in [-0.4, -0.2) is 46.5 Å². The first-order valence-corrected chi connectivity index (χ1v) is 12.0. The molecule has 2 atom stereocenters. The SMILES string of the molecule is CCCn1c(=O)oc2cc(NC(=O)CN3C[C@@H](c4ccccc4)[C@@]4(CCCC(=O)N4)C3)ccc21. The van der Waals surface area contributed by atoms with Gasteiger partial charge in [-0.05, 0) is 37.0 Å². The molecule has 178 valence electrons. The summed E-state index contributed by atoms with van der Waals surface area (Å²) in [6.07, 6.45) is 3.15. The van der Waals surface area contributed by atoms with Crippen molar-refractivity contribution in [1.82, 2.24) is 14.8 Å². The molecule has 2 fully saturated rings. The zero-order valence-electron chi connectivity index (χ0n) is 19.4. The number of amides is 2. The molecule has 2 aliphatic heterocycles. The predicted molar refractivity (Wildman–Crippen MR) is 130 cm³/mol. The number of carbonyl (C=O) groups is 2. The van der Waals surface area contributed by atoms with Gasteiger partial charge >= 0.3 is 5.76 Å². The van der Waals surface area contributed by atoms with E-state index in [2.05, 4.69) is 27.7 Å². The molecule has 2 aromatic carbocycles. The third kappa shape index (κ3) is 4.25. The van der Waals surface area contributed by atoms with Gasteiger partial charge in [0, 0.05) is 43.7 Å². The molecule has 1 aromatic heterocycles. The van der Waals surface area contributed by atoms with E-state index in [0.717, 1.165) is 24.8 Å². The summed E-state index contributed by atoms with van der Waals surface area (Å²) in [5, 5.41) is 6.21. The maximum atomic E-state index is 12.9. The lowest BCUT2D eigenvalue weighted by Gasteiger charge is -2.39. The number of aryl methyl sites for hydroxylation is 1. The summed E-state index contributed by atoms with van der Waals surface area (Å²) < 4.78 is 6.97. The third-order valence-electron chi connectivity index (χ3n) is 7.00.